The zero-order valence-electron chi connectivity index (χ0n) is 7.98. The molecule has 1 aromatic carbocycles. The zero-order valence-corrected chi connectivity index (χ0v) is 7.98. The average molecular weight is 210 g/mol. The Labute approximate surface area is 85.2 Å². The molecule has 1 amide bonds. The van der Waals surface area contributed by atoms with Crippen molar-refractivity contribution < 1.29 is 9.72 Å². The largest absolute Gasteiger partial charge is 0.397 e. The van der Waals surface area contributed by atoms with Crippen LogP contribution in [0, 0.1) is 10.1 Å². The van der Waals surface area contributed by atoms with E-state index in [1.165, 1.54) is 6.92 Å². The third-order valence-electron chi connectivity index (χ3n) is 1.72. The van der Waals surface area contributed by atoms with Crippen molar-refractivity contribution in [2.75, 3.05) is 16.8 Å². The second-order valence-corrected chi connectivity index (χ2v) is 2.93. The molecule has 0 aliphatic heterocycles. The van der Waals surface area contributed by atoms with Gasteiger partial charge in [-0.2, -0.15) is 0 Å². The maximum Gasteiger partial charge on any atom is 0.273 e. The van der Waals surface area contributed by atoms with Gasteiger partial charge in [0.2, 0.25) is 5.91 Å². The number of amides is 1. The molecule has 5 N–H and O–H groups in total. The predicted octanol–water partition coefficient (Wildman–Crippen LogP) is 0.718. The number of non-ortho nitro benzene ring substituents is 1. The summed E-state index contributed by atoms with van der Waals surface area (Å²) in [7, 11) is 0. The zero-order chi connectivity index (χ0) is 11.6. The number of nitrogens with two attached hydrogens (primary N) is 2. The molecule has 0 fully saturated rings. The second-order valence-electron chi connectivity index (χ2n) is 2.93. The van der Waals surface area contributed by atoms with Gasteiger partial charge in [-0.1, -0.05) is 0 Å². The van der Waals surface area contributed by atoms with Crippen LogP contribution < -0.4 is 16.8 Å². The lowest BCUT2D eigenvalue weighted by atomic mass is 10.2. The fourth-order valence-electron chi connectivity index (χ4n) is 1.06. The van der Waals surface area contributed by atoms with Crippen LogP contribution >= 0.6 is 0 Å². The van der Waals surface area contributed by atoms with E-state index in [4.69, 9.17) is 11.5 Å². The number of nitrogens with zero attached hydrogens (tertiary/aromatic N) is 1. The Balaban J connectivity index is 3.24. The predicted molar refractivity (Wildman–Crippen MR) is 56.2 cm³/mol. The minimum Gasteiger partial charge on any atom is -0.397 e. The van der Waals surface area contributed by atoms with Crippen molar-refractivity contribution >= 4 is 28.7 Å². The van der Waals surface area contributed by atoms with Gasteiger partial charge in [0.15, 0.2) is 0 Å². The molecule has 0 saturated heterocycles. The first-order valence-corrected chi connectivity index (χ1v) is 4.02. The van der Waals surface area contributed by atoms with Gasteiger partial charge in [-0.3, -0.25) is 14.9 Å². The lowest BCUT2D eigenvalue weighted by molar-refractivity contribution is -0.384. The van der Waals surface area contributed by atoms with Gasteiger partial charge in [0.1, 0.15) is 0 Å². The molecule has 0 saturated carbocycles. The highest BCUT2D eigenvalue weighted by molar-refractivity contribution is 5.95. The quantitative estimate of drug-likeness (QED) is 0.376. The molecule has 0 atom stereocenters. The normalized spacial score (nSPS) is 9.67. The number of nitro benzene ring substituents is 1. The fraction of sp³-hybridized carbons (Fsp3) is 0.125. The summed E-state index contributed by atoms with van der Waals surface area (Å²) in [4.78, 5) is 20.7. The van der Waals surface area contributed by atoms with E-state index in [2.05, 4.69) is 5.32 Å². The average Bonchev–Trinajstić information content (AvgIpc) is 2.11. The summed E-state index contributed by atoms with van der Waals surface area (Å²) in [6.07, 6.45) is 0. The SMILES string of the molecule is CC(=O)Nc1cc([N+](=O)[O-])cc(N)c1N. The van der Waals surface area contributed by atoms with Gasteiger partial charge in [-0.15, -0.1) is 0 Å². The molecule has 15 heavy (non-hydrogen) atoms. The van der Waals surface area contributed by atoms with Crippen molar-refractivity contribution in [3.8, 4) is 0 Å². The Morgan fingerprint density at radius 1 is 1.47 bits per heavy atom. The molecule has 0 radical (unpaired) electrons. The molecule has 0 aliphatic rings. The van der Waals surface area contributed by atoms with Crippen LogP contribution in [0.4, 0.5) is 22.7 Å². The van der Waals surface area contributed by atoms with Crippen molar-refractivity contribution in [1.29, 1.82) is 0 Å². The third kappa shape index (κ3) is 2.33. The van der Waals surface area contributed by atoms with Crippen LogP contribution in [0.5, 0.6) is 0 Å². The summed E-state index contributed by atoms with van der Waals surface area (Å²) in [6, 6.07) is 2.30. The number of hydrogen-bond donors (Lipinski definition) is 3. The molecular weight excluding hydrogens is 200 g/mol. The Bertz CT molecular complexity index is 430. The monoisotopic (exact) mass is 210 g/mol. The van der Waals surface area contributed by atoms with Crippen LogP contribution in [0.2, 0.25) is 0 Å². The van der Waals surface area contributed by atoms with Gasteiger partial charge in [0.05, 0.1) is 22.0 Å². The van der Waals surface area contributed by atoms with Crippen LogP contribution in [0.15, 0.2) is 12.1 Å². The number of nitrogen functional groups attached to an aromatic ring is 2. The fourth-order valence-corrected chi connectivity index (χ4v) is 1.06. The van der Waals surface area contributed by atoms with E-state index < -0.39 is 4.92 Å². The summed E-state index contributed by atoms with van der Waals surface area (Å²) in [6.45, 7) is 1.27. The van der Waals surface area contributed by atoms with Crippen molar-refractivity contribution in [3.63, 3.8) is 0 Å². The number of nitro groups is 1. The Hall–Kier alpha value is -2.31. The molecule has 0 aromatic heterocycles. The summed E-state index contributed by atoms with van der Waals surface area (Å²) < 4.78 is 0. The first-order valence-electron chi connectivity index (χ1n) is 4.02. The number of nitrogens with one attached hydrogen (secondary N) is 1. The first-order chi connectivity index (χ1) is 6.91. The van der Waals surface area contributed by atoms with E-state index in [9.17, 15) is 14.9 Å². The van der Waals surface area contributed by atoms with Gasteiger partial charge in [-0.25, -0.2) is 0 Å². The molecule has 80 valence electrons. The van der Waals surface area contributed by atoms with E-state index in [1.54, 1.807) is 0 Å². The molecular formula is C8H10N4O3. The van der Waals surface area contributed by atoms with Crippen molar-refractivity contribution in [1.82, 2.24) is 0 Å². The van der Waals surface area contributed by atoms with E-state index in [0.29, 0.717) is 0 Å². The maximum absolute atomic E-state index is 10.8. The van der Waals surface area contributed by atoms with Gasteiger partial charge in [0, 0.05) is 19.1 Å². The highest BCUT2D eigenvalue weighted by Crippen LogP contribution is 2.30. The van der Waals surface area contributed by atoms with Crippen molar-refractivity contribution in [3.05, 3.63) is 22.2 Å². The highest BCUT2D eigenvalue weighted by atomic mass is 16.6. The number of benzene rings is 1. The molecule has 0 spiro atoms. The number of hydrogen-bond acceptors (Lipinski definition) is 5. The van der Waals surface area contributed by atoms with E-state index in [1.807, 2.05) is 0 Å². The van der Waals surface area contributed by atoms with Crippen LogP contribution in [-0.4, -0.2) is 10.8 Å². The molecule has 0 unspecified atom stereocenters. The van der Waals surface area contributed by atoms with Gasteiger partial charge >= 0.3 is 0 Å². The van der Waals surface area contributed by atoms with E-state index in [0.717, 1.165) is 12.1 Å². The lowest BCUT2D eigenvalue weighted by Crippen LogP contribution is -2.10. The minimum atomic E-state index is -0.610. The molecule has 0 aliphatic carbocycles. The molecule has 1 rings (SSSR count). The Kier molecular flexibility index (Phi) is 2.75. The Morgan fingerprint density at radius 3 is 2.53 bits per heavy atom. The van der Waals surface area contributed by atoms with Crippen LogP contribution in [-0.2, 0) is 4.79 Å². The van der Waals surface area contributed by atoms with Crippen LogP contribution in [0.3, 0.4) is 0 Å². The summed E-state index contributed by atoms with van der Waals surface area (Å²) in [5.41, 5.74) is 11.1. The third-order valence-corrected chi connectivity index (χ3v) is 1.72. The number of carbonyl (C=O) groups is 1. The van der Waals surface area contributed by atoms with Gasteiger partial charge < -0.3 is 16.8 Å². The number of anilines is 3. The topological polar surface area (TPSA) is 124 Å². The second kappa shape index (κ2) is 3.82. The van der Waals surface area contributed by atoms with Crippen LogP contribution in [0.25, 0.3) is 0 Å². The molecule has 0 bridgehead atoms. The summed E-state index contributed by atoms with van der Waals surface area (Å²) in [5, 5.41) is 12.9. The highest BCUT2D eigenvalue weighted by Gasteiger charge is 2.13. The Morgan fingerprint density at radius 2 is 2.07 bits per heavy atom. The van der Waals surface area contributed by atoms with Gasteiger partial charge in [-0.05, 0) is 0 Å². The summed E-state index contributed by atoms with van der Waals surface area (Å²) >= 11 is 0. The molecule has 7 nitrogen and oxygen atoms in total. The number of carbonyl (C=O) groups excluding carboxylic acids is 1. The van der Waals surface area contributed by atoms with Crippen molar-refractivity contribution in [2.24, 2.45) is 0 Å². The van der Waals surface area contributed by atoms with Crippen molar-refractivity contribution in [2.45, 2.75) is 6.92 Å². The van der Waals surface area contributed by atoms with E-state index in [-0.39, 0.29) is 28.7 Å². The minimum absolute atomic E-state index is 0.0629. The summed E-state index contributed by atoms with van der Waals surface area (Å²) in [5.74, 6) is -0.374. The number of rotatable bonds is 2. The maximum atomic E-state index is 10.8. The van der Waals surface area contributed by atoms with E-state index >= 15 is 0 Å². The lowest BCUT2D eigenvalue weighted by Gasteiger charge is -2.08. The molecule has 1 aromatic rings. The molecule has 0 heterocycles. The molecule has 7 heteroatoms. The van der Waals surface area contributed by atoms with Gasteiger partial charge in [0.25, 0.3) is 5.69 Å². The standard InChI is InChI=1S/C8H10N4O3/c1-4(13)11-7-3-5(12(14)15)2-6(9)8(7)10/h2-3H,9-10H2,1H3,(H,11,13). The van der Waals surface area contributed by atoms with Crippen LogP contribution in [0.1, 0.15) is 6.92 Å². The smallest absolute Gasteiger partial charge is 0.273 e. The first kappa shape index (κ1) is 10.8.